The predicted molar refractivity (Wildman–Crippen MR) is 138 cm³/mol. The highest BCUT2D eigenvalue weighted by Gasteiger charge is 2.46. The fourth-order valence-corrected chi connectivity index (χ4v) is 6.77. The minimum absolute atomic E-state index is 0.0812. The summed E-state index contributed by atoms with van der Waals surface area (Å²) in [5.41, 5.74) is 0.331. The molecule has 0 N–H and O–H groups in total. The van der Waals surface area contributed by atoms with E-state index in [1.165, 1.54) is 25.7 Å². The Morgan fingerprint density at radius 3 is 2.50 bits per heavy atom. The maximum absolute atomic E-state index is 12.9. The average Bonchev–Trinajstić information content (AvgIpc) is 3.46. The van der Waals surface area contributed by atoms with Crippen molar-refractivity contribution in [3.8, 4) is 6.01 Å². The van der Waals surface area contributed by atoms with Crippen molar-refractivity contribution in [2.24, 2.45) is 0 Å². The molecule has 2 atom stereocenters. The quantitative estimate of drug-likeness (QED) is 0.559. The molecular formula is C26H35ClN6O3. The first-order valence-corrected chi connectivity index (χ1v) is 13.6. The lowest BCUT2D eigenvalue weighted by Crippen LogP contribution is -2.57. The minimum atomic E-state index is -0.512. The first-order valence-electron chi connectivity index (χ1n) is 13.2. The van der Waals surface area contributed by atoms with Gasteiger partial charge in [-0.05, 0) is 72.4 Å². The van der Waals surface area contributed by atoms with Gasteiger partial charge in [0, 0.05) is 25.4 Å². The van der Waals surface area contributed by atoms with Crippen molar-refractivity contribution in [1.29, 1.82) is 0 Å². The number of ether oxygens (including phenoxy) is 2. The van der Waals surface area contributed by atoms with Crippen LogP contribution in [0.2, 0.25) is 5.15 Å². The number of carbonyl (C=O) groups is 1. The summed E-state index contributed by atoms with van der Waals surface area (Å²) in [6.45, 7) is 10.00. The van der Waals surface area contributed by atoms with E-state index in [4.69, 9.17) is 31.0 Å². The normalized spacial score (nSPS) is 25.4. The zero-order valence-corrected chi connectivity index (χ0v) is 22.1. The summed E-state index contributed by atoms with van der Waals surface area (Å²) >= 11 is 6.23. The van der Waals surface area contributed by atoms with Gasteiger partial charge in [-0.25, -0.2) is 9.78 Å². The zero-order valence-electron chi connectivity index (χ0n) is 21.4. The predicted octanol–water partition coefficient (Wildman–Crippen LogP) is 4.27. The van der Waals surface area contributed by atoms with Crippen molar-refractivity contribution in [3.63, 3.8) is 0 Å². The van der Waals surface area contributed by atoms with Crippen LogP contribution in [0.25, 0.3) is 10.9 Å². The molecule has 36 heavy (non-hydrogen) atoms. The molecule has 0 radical (unpaired) electrons. The largest absolute Gasteiger partial charge is 0.461 e. The summed E-state index contributed by atoms with van der Waals surface area (Å²) in [6.07, 6.45) is 8.20. The number of halogens is 1. The van der Waals surface area contributed by atoms with E-state index in [1.54, 1.807) is 12.3 Å². The fraction of sp³-hybridized carbons (Fsp3) is 0.692. The summed E-state index contributed by atoms with van der Waals surface area (Å²) in [6, 6.07) is 2.32. The summed E-state index contributed by atoms with van der Waals surface area (Å²) in [4.78, 5) is 33.6. The standard InChI is InChI=1S/C26H35ClN6O3/c1-25(2,3)36-24(34)33-17-6-7-18(33)15-31(14-17)22-19-13-28-21(27)12-20(19)29-23(30-22)35-16-26-8-4-10-32(26)11-5-9-26/h12-13,17-18H,4-11,14-16H2,1-3H3. The van der Waals surface area contributed by atoms with Gasteiger partial charge in [0.05, 0.1) is 28.5 Å². The van der Waals surface area contributed by atoms with E-state index in [0.29, 0.717) is 30.9 Å². The minimum Gasteiger partial charge on any atom is -0.461 e. The highest BCUT2D eigenvalue weighted by atomic mass is 35.5. The topological polar surface area (TPSA) is 83.9 Å². The molecule has 4 saturated heterocycles. The van der Waals surface area contributed by atoms with Gasteiger partial charge in [-0.15, -0.1) is 0 Å². The number of nitrogens with zero attached hydrogens (tertiary/aromatic N) is 6. The first kappa shape index (κ1) is 24.0. The Bertz CT molecular complexity index is 1150. The molecule has 0 aliphatic carbocycles. The van der Waals surface area contributed by atoms with E-state index in [0.717, 1.165) is 42.7 Å². The molecule has 2 bridgehead atoms. The number of fused-ring (bicyclic) bond motifs is 4. The maximum atomic E-state index is 12.9. The first-order chi connectivity index (χ1) is 17.2. The van der Waals surface area contributed by atoms with Gasteiger partial charge in [-0.1, -0.05) is 11.6 Å². The molecule has 4 fully saturated rings. The second kappa shape index (κ2) is 8.87. The number of carbonyl (C=O) groups excluding carboxylic acids is 1. The van der Waals surface area contributed by atoms with E-state index in [9.17, 15) is 4.79 Å². The SMILES string of the molecule is CC(C)(C)OC(=O)N1C2CCC1CN(c1nc(OCC34CCCN3CCC4)nc3cc(Cl)ncc13)C2. The Hall–Kier alpha value is -2.39. The van der Waals surface area contributed by atoms with E-state index < -0.39 is 5.60 Å². The van der Waals surface area contributed by atoms with Crippen LogP contribution in [0.15, 0.2) is 12.3 Å². The third-order valence-corrected chi connectivity index (χ3v) is 8.38. The smallest absolute Gasteiger partial charge is 0.410 e. The second-order valence-corrected chi connectivity index (χ2v) is 12.1. The van der Waals surface area contributed by atoms with Crippen LogP contribution in [-0.2, 0) is 4.74 Å². The molecule has 0 aromatic carbocycles. The van der Waals surface area contributed by atoms with Gasteiger partial charge in [0.2, 0.25) is 0 Å². The Morgan fingerprint density at radius 2 is 1.83 bits per heavy atom. The molecule has 6 heterocycles. The number of amides is 1. The number of pyridine rings is 1. The van der Waals surface area contributed by atoms with Crippen LogP contribution >= 0.6 is 11.6 Å². The molecule has 2 unspecified atom stereocenters. The lowest BCUT2D eigenvalue weighted by atomic mass is 9.95. The lowest BCUT2D eigenvalue weighted by molar-refractivity contribution is 0.0122. The van der Waals surface area contributed by atoms with Crippen LogP contribution in [0.5, 0.6) is 6.01 Å². The average molecular weight is 515 g/mol. The number of aromatic nitrogens is 3. The van der Waals surface area contributed by atoms with Crippen molar-refractivity contribution in [2.45, 2.75) is 82.5 Å². The van der Waals surface area contributed by atoms with E-state index in [1.807, 2.05) is 25.7 Å². The Kier molecular flexibility index (Phi) is 5.91. The summed E-state index contributed by atoms with van der Waals surface area (Å²) in [5, 5.41) is 1.24. The van der Waals surface area contributed by atoms with Crippen molar-refractivity contribution >= 4 is 34.4 Å². The summed E-state index contributed by atoms with van der Waals surface area (Å²) < 4.78 is 12.0. The van der Waals surface area contributed by atoms with Crippen LogP contribution < -0.4 is 9.64 Å². The second-order valence-electron chi connectivity index (χ2n) is 11.7. The molecule has 0 spiro atoms. The Labute approximate surface area is 217 Å². The molecule has 4 aliphatic heterocycles. The van der Waals surface area contributed by atoms with Crippen molar-refractivity contribution in [1.82, 2.24) is 24.8 Å². The highest BCUT2D eigenvalue weighted by Crippen LogP contribution is 2.40. The molecule has 2 aromatic heterocycles. The fourth-order valence-electron chi connectivity index (χ4n) is 6.62. The van der Waals surface area contributed by atoms with E-state index in [2.05, 4.69) is 14.8 Å². The number of anilines is 1. The molecule has 4 aliphatic rings. The van der Waals surface area contributed by atoms with Gasteiger partial charge in [-0.2, -0.15) is 9.97 Å². The molecule has 6 rings (SSSR count). The van der Waals surface area contributed by atoms with Gasteiger partial charge in [-0.3, -0.25) is 9.80 Å². The third-order valence-electron chi connectivity index (χ3n) is 8.17. The summed E-state index contributed by atoms with van der Waals surface area (Å²) in [5.74, 6) is 0.798. The van der Waals surface area contributed by atoms with Gasteiger partial charge in [0.15, 0.2) is 0 Å². The Balaban J connectivity index is 1.27. The zero-order chi connectivity index (χ0) is 25.1. The van der Waals surface area contributed by atoms with Crippen molar-refractivity contribution < 1.29 is 14.3 Å². The van der Waals surface area contributed by atoms with Crippen LogP contribution in [-0.4, -0.2) is 86.9 Å². The van der Waals surface area contributed by atoms with Gasteiger partial charge in [0.25, 0.3) is 0 Å². The van der Waals surface area contributed by atoms with Gasteiger partial charge in [0.1, 0.15) is 23.2 Å². The molecule has 194 valence electrons. The van der Waals surface area contributed by atoms with Crippen LogP contribution in [0.4, 0.5) is 10.6 Å². The molecule has 0 saturated carbocycles. The molecular weight excluding hydrogens is 480 g/mol. The molecule has 1 amide bonds. The Morgan fingerprint density at radius 1 is 1.14 bits per heavy atom. The van der Waals surface area contributed by atoms with E-state index in [-0.39, 0.29) is 23.7 Å². The lowest BCUT2D eigenvalue weighted by Gasteiger charge is -2.42. The molecule has 9 nitrogen and oxygen atoms in total. The number of rotatable bonds is 4. The van der Waals surface area contributed by atoms with Gasteiger partial charge < -0.3 is 14.4 Å². The summed E-state index contributed by atoms with van der Waals surface area (Å²) in [7, 11) is 0. The molecule has 10 heteroatoms. The van der Waals surface area contributed by atoms with Crippen LogP contribution in [0, 0.1) is 0 Å². The van der Waals surface area contributed by atoms with Crippen molar-refractivity contribution in [3.05, 3.63) is 17.4 Å². The number of piperazine rings is 1. The third kappa shape index (κ3) is 4.34. The maximum Gasteiger partial charge on any atom is 0.410 e. The van der Waals surface area contributed by atoms with E-state index >= 15 is 0 Å². The van der Waals surface area contributed by atoms with Crippen LogP contribution in [0.3, 0.4) is 0 Å². The van der Waals surface area contributed by atoms with Crippen LogP contribution in [0.1, 0.15) is 59.3 Å². The number of hydrogen-bond acceptors (Lipinski definition) is 8. The molecule has 2 aromatic rings. The highest BCUT2D eigenvalue weighted by molar-refractivity contribution is 6.30. The monoisotopic (exact) mass is 514 g/mol. The van der Waals surface area contributed by atoms with Crippen molar-refractivity contribution in [2.75, 3.05) is 37.7 Å². The number of hydrogen-bond donors (Lipinski definition) is 0. The van der Waals surface area contributed by atoms with Gasteiger partial charge >= 0.3 is 12.1 Å².